The minimum atomic E-state index is -3.75. The number of hydrogen-bond donors (Lipinski definition) is 4. The van der Waals surface area contributed by atoms with Crippen LogP contribution in [0, 0.1) is 11.3 Å². The van der Waals surface area contributed by atoms with Crippen molar-refractivity contribution in [3.8, 4) is 5.75 Å². The van der Waals surface area contributed by atoms with Gasteiger partial charge in [0.05, 0.1) is 7.11 Å². The fraction of sp³-hybridized carbons (Fsp3) is 0.417. The highest BCUT2D eigenvalue weighted by atomic mass is 32.2. The zero-order valence-corrected chi connectivity index (χ0v) is 12.5. The molecule has 1 aromatic carbocycles. The Bertz CT molecular complexity index is 584. The topological polar surface area (TPSA) is 117 Å². The van der Waals surface area contributed by atoms with E-state index in [9.17, 15) is 8.42 Å². The lowest BCUT2D eigenvalue weighted by Crippen LogP contribution is -2.33. The highest BCUT2D eigenvalue weighted by Gasteiger charge is 2.17. The first kappa shape index (κ1) is 16.3. The van der Waals surface area contributed by atoms with Crippen LogP contribution in [-0.2, 0) is 10.2 Å². The Balaban J connectivity index is 3.10. The fourth-order valence-corrected chi connectivity index (χ4v) is 2.58. The molecule has 0 saturated heterocycles. The van der Waals surface area contributed by atoms with Crippen molar-refractivity contribution in [3.63, 3.8) is 0 Å². The van der Waals surface area contributed by atoms with Gasteiger partial charge in [0.15, 0.2) is 0 Å². The Morgan fingerprint density at radius 1 is 1.45 bits per heavy atom. The van der Waals surface area contributed by atoms with Crippen molar-refractivity contribution in [3.05, 3.63) is 23.8 Å². The van der Waals surface area contributed by atoms with Gasteiger partial charge < -0.3 is 10.5 Å². The van der Waals surface area contributed by atoms with Crippen LogP contribution in [0.15, 0.2) is 18.2 Å². The Hall–Kier alpha value is -1.80. The third-order valence-corrected chi connectivity index (χ3v) is 3.47. The number of amidine groups is 1. The number of ether oxygens (including phenoxy) is 1. The molecule has 0 amide bonds. The summed E-state index contributed by atoms with van der Waals surface area (Å²) in [5.41, 5.74) is 5.87. The first-order valence-corrected chi connectivity index (χ1v) is 7.54. The van der Waals surface area contributed by atoms with Crippen LogP contribution in [0.3, 0.4) is 0 Å². The maximum Gasteiger partial charge on any atom is 0.299 e. The molecule has 0 saturated carbocycles. The van der Waals surface area contributed by atoms with E-state index < -0.39 is 10.2 Å². The Kier molecular flexibility index (Phi) is 5.34. The lowest BCUT2D eigenvalue weighted by Gasteiger charge is -2.16. The number of hydrogen-bond acceptors (Lipinski definition) is 4. The van der Waals surface area contributed by atoms with E-state index >= 15 is 0 Å². The molecule has 0 fully saturated rings. The largest absolute Gasteiger partial charge is 0.495 e. The SMILES string of the molecule is COc1cccc(C(=N)N)c1NS(=O)(=O)NCC(C)C. The van der Waals surface area contributed by atoms with Gasteiger partial charge in [-0.15, -0.1) is 0 Å². The van der Waals surface area contributed by atoms with Crippen molar-refractivity contribution in [1.82, 2.24) is 4.72 Å². The average molecular weight is 300 g/mol. The van der Waals surface area contributed by atoms with Crippen LogP contribution >= 0.6 is 0 Å². The molecule has 1 aromatic rings. The van der Waals surface area contributed by atoms with E-state index in [2.05, 4.69) is 9.44 Å². The predicted molar refractivity (Wildman–Crippen MR) is 79.4 cm³/mol. The average Bonchev–Trinajstić information content (AvgIpc) is 2.36. The molecule has 1 rings (SSSR count). The quantitative estimate of drug-likeness (QED) is 0.441. The number of anilines is 1. The smallest absolute Gasteiger partial charge is 0.299 e. The zero-order chi connectivity index (χ0) is 15.3. The van der Waals surface area contributed by atoms with E-state index in [1.54, 1.807) is 18.2 Å². The van der Waals surface area contributed by atoms with E-state index in [1.807, 2.05) is 13.8 Å². The van der Waals surface area contributed by atoms with Crippen molar-refractivity contribution in [1.29, 1.82) is 5.41 Å². The zero-order valence-electron chi connectivity index (χ0n) is 11.7. The molecule has 0 atom stereocenters. The summed E-state index contributed by atoms with van der Waals surface area (Å²) < 4.78 is 33.8. The molecule has 112 valence electrons. The first-order valence-electron chi connectivity index (χ1n) is 6.05. The predicted octanol–water partition coefficient (Wildman–Crippen LogP) is 0.882. The third-order valence-electron chi connectivity index (χ3n) is 2.45. The standard InChI is InChI=1S/C12H20N4O3S/c1-8(2)7-15-20(17,18)16-11-9(12(13)14)5-4-6-10(11)19-3/h4-6,8,15-16H,7H2,1-3H3,(H3,13,14). The lowest BCUT2D eigenvalue weighted by molar-refractivity contribution is 0.416. The summed E-state index contributed by atoms with van der Waals surface area (Å²) in [5.74, 6) is 0.231. The lowest BCUT2D eigenvalue weighted by atomic mass is 10.1. The summed E-state index contributed by atoms with van der Waals surface area (Å²) in [6.07, 6.45) is 0. The molecule has 0 aliphatic rings. The van der Waals surface area contributed by atoms with Crippen molar-refractivity contribution in [2.45, 2.75) is 13.8 Å². The molecule has 8 heteroatoms. The van der Waals surface area contributed by atoms with Gasteiger partial charge in [-0.2, -0.15) is 13.1 Å². The number of rotatable bonds is 7. The molecule has 0 aliphatic carbocycles. The molecule has 20 heavy (non-hydrogen) atoms. The van der Waals surface area contributed by atoms with Crippen LogP contribution in [0.2, 0.25) is 0 Å². The van der Waals surface area contributed by atoms with E-state index in [-0.39, 0.29) is 23.0 Å². The molecule has 7 nitrogen and oxygen atoms in total. The molecule has 5 N–H and O–H groups in total. The van der Waals surface area contributed by atoms with Crippen molar-refractivity contribution in [2.75, 3.05) is 18.4 Å². The molecular weight excluding hydrogens is 280 g/mol. The second-order valence-corrected chi connectivity index (χ2v) is 6.14. The number of para-hydroxylation sites is 1. The van der Waals surface area contributed by atoms with E-state index in [0.29, 0.717) is 12.3 Å². The van der Waals surface area contributed by atoms with Gasteiger partial charge in [-0.3, -0.25) is 10.1 Å². The van der Waals surface area contributed by atoms with Gasteiger partial charge in [-0.05, 0) is 18.1 Å². The maximum absolute atomic E-state index is 12.0. The van der Waals surface area contributed by atoms with Gasteiger partial charge in [0, 0.05) is 12.1 Å². The molecule has 0 heterocycles. The third kappa shape index (κ3) is 4.39. The van der Waals surface area contributed by atoms with Crippen LogP contribution in [0.4, 0.5) is 5.69 Å². The summed E-state index contributed by atoms with van der Waals surface area (Å²) >= 11 is 0. The molecule has 0 aromatic heterocycles. The van der Waals surface area contributed by atoms with Crippen LogP contribution in [0.5, 0.6) is 5.75 Å². The highest BCUT2D eigenvalue weighted by molar-refractivity contribution is 7.90. The second-order valence-electron chi connectivity index (χ2n) is 4.64. The van der Waals surface area contributed by atoms with Crippen molar-refractivity contribution in [2.24, 2.45) is 11.7 Å². The van der Waals surface area contributed by atoms with Crippen LogP contribution in [0.25, 0.3) is 0 Å². The summed E-state index contributed by atoms with van der Waals surface area (Å²) in [6, 6.07) is 4.77. The summed E-state index contributed by atoms with van der Waals surface area (Å²) in [7, 11) is -2.34. The Morgan fingerprint density at radius 3 is 2.60 bits per heavy atom. The molecule has 0 aliphatic heterocycles. The van der Waals surface area contributed by atoms with E-state index in [1.165, 1.54) is 7.11 Å². The van der Waals surface area contributed by atoms with Gasteiger partial charge in [0.25, 0.3) is 10.2 Å². The van der Waals surface area contributed by atoms with Crippen LogP contribution < -0.4 is 19.9 Å². The Morgan fingerprint density at radius 2 is 2.10 bits per heavy atom. The van der Waals surface area contributed by atoms with Gasteiger partial charge in [0.2, 0.25) is 0 Å². The normalized spacial score (nSPS) is 11.4. The fourth-order valence-electron chi connectivity index (χ4n) is 1.48. The molecule has 0 unspecified atom stereocenters. The van der Waals surface area contributed by atoms with Gasteiger partial charge >= 0.3 is 0 Å². The molecule has 0 spiro atoms. The van der Waals surface area contributed by atoms with Crippen LogP contribution in [-0.4, -0.2) is 27.9 Å². The van der Waals surface area contributed by atoms with Gasteiger partial charge in [-0.1, -0.05) is 19.9 Å². The molecule has 0 radical (unpaired) electrons. The minimum absolute atomic E-state index is 0.152. The van der Waals surface area contributed by atoms with Gasteiger partial charge in [0.1, 0.15) is 17.3 Å². The van der Waals surface area contributed by atoms with Crippen molar-refractivity contribution < 1.29 is 13.2 Å². The number of nitrogens with two attached hydrogens (primary N) is 1. The summed E-state index contributed by atoms with van der Waals surface area (Å²) in [6.45, 7) is 4.10. The van der Waals surface area contributed by atoms with Crippen molar-refractivity contribution >= 4 is 21.7 Å². The summed E-state index contributed by atoms with van der Waals surface area (Å²) in [4.78, 5) is 0. The highest BCUT2D eigenvalue weighted by Crippen LogP contribution is 2.28. The number of methoxy groups -OCH3 is 1. The van der Waals surface area contributed by atoms with E-state index in [4.69, 9.17) is 15.9 Å². The molecular formula is C12H20N4O3S. The number of nitrogens with one attached hydrogen (secondary N) is 3. The minimum Gasteiger partial charge on any atom is -0.495 e. The Labute approximate surface area is 119 Å². The number of nitrogen functional groups attached to an aromatic ring is 1. The maximum atomic E-state index is 12.0. The summed E-state index contributed by atoms with van der Waals surface area (Å²) in [5, 5.41) is 7.49. The van der Waals surface area contributed by atoms with Gasteiger partial charge in [-0.25, -0.2) is 0 Å². The first-order chi connectivity index (χ1) is 9.26. The van der Waals surface area contributed by atoms with Crippen LogP contribution in [0.1, 0.15) is 19.4 Å². The second kappa shape index (κ2) is 6.58. The monoisotopic (exact) mass is 300 g/mol. The number of benzene rings is 1. The molecule has 0 bridgehead atoms. The van der Waals surface area contributed by atoms with E-state index in [0.717, 1.165) is 0 Å².